The molecule has 2 heterocycles. The number of aromatic nitrogens is 2. The van der Waals surface area contributed by atoms with Crippen molar-refractivity contribution < 1.29 is 14.7 Å². The zero-order chi connectivity index (χ0) is 22.4. The standard InChI is InChI=1S/C24H30N2O3S2/c1-4-18(5-2)26-21-9-8-16(22(27)14-17(24(28)29)10-12-30-3)13-20(21)25-23(26)15-19-7-6-11-31-19/h6-9,11,13,17-18H,4-5,10,12,14-15H2,1-3H3,(H,28,29)/t17-/m1/s1. The molecule has 1 aromatic carbocycles. The van der Waals surface area contributed by atoms with Crippen molar-refractivity contribution in [2.45, 2.75) is 52.0 Å². The summed E-state index contributed by atoms with van der Waals surface area (Å²) in [6.45, 7) is 4.38. The summed E-state index contributed by atoms with van der Waals surface area (Å²) < 4.78 is 2.32. The smallest absolute Gasteiger partial charge is 0.306 e. The first-order valence-corrected chi connectivity index (χ1v) is 13.0. The number of aliphatic carboxylic acids is 1. The van der Waals surface area contributed by atoms with Crippen molar-refractivity contribution in [3.63, 3.8) is 0 Å². The summed E-state index contributed by atoms with van der Waals surface area (Å²) >= 11 is 3.32. The molecule has 166 valence electrons. The van der Waals surface area contributed by atoms with E-state index in [-0.39, 0.29) is 12.2 Å². The summed E-state index contributed by atoms with van der Waals surface area (Å²) in [6, 6.07) is 10.2. The Morgan fingerprint density at radius 2 is 2.00 bits per heavy atom. The molecule has 0 bridgehead atoms. The van der Waals surface area contributed by atoms with Crippen LogP contribution in [0.2, 0.25) is 0 Å². The highest BCUT2D eigenvalue weighted by Crippen LogP contribution is 2.29. The number of Topliss-reactive ketones (excluding diaryl/α,β-unsaturated/α-hetero) is 1. The van der Waals surface area contributed by atoms with Gasteiger partial charge in [0.15, 0.2) is 5.78 Å². The molecule has 2 aromatic heterocycles. The van der Waals surface area contributed by atoms with Gasteiger partial charge in [-0.05, 0) is 60.9 Å². The van der Waals surface area contributed by atoms with E-state index in [2.05, 4.69) is 35.9 Å². The lowest BCUT2D eigenvalue weighted by Crippen LogP contribution is -2.19. The maximum atomic E-state index is 12.9. The number of imidazole rings is 1. The Kier molecular flexibility index (Phi) is 8.32. The molecular weight excluding hydrogens is 428 g/mol. The fourth-order valence-corrected chi connectivity index (χ4v) is 5.21. The van der Waals surface area contributed by atoms with Crippen molar-refractivity contribution in [3.8, 4) is 0 Å². The molecule has 0 fully saturated rings. The molecule has 0 spiro atoms. The first-order chi connectivity index (χ1) is 15.0. The zero-order valence-electron chi connectivity index (χ0n) is 18.3. The Balaban J connectivity index is 1.94. The Morgan fingerprint density at radius 3 is 2.61 bits per heavy atom. The van der Waals surface area contributed by atoms with Gasteiger partial charge in [0, 0.05) is 29.3 Å². The molecule has 0 amide bonds. The number of fused-ring (bicyclic) bond motifs is 1. The summed E-state index contributed by atoms with van der Waals surface area (Å²) in [6.07, 6.45) is 5.25. The van der Waals surface area contributed by atoms with Gasteiger partial charge in [0.25, 0.3) is 0 Å². The highest BCUT2D eigenvalue weighted by atomic mass is 32.2. The minimum absolute atomic E-state index is 0.0245. The normalized spacial score (nSPS) is 12.5. The van der Waals surface area contributed by atoms with Crippen molar-refractivity contribution in [1.82, 2.24) is 9.55 Å². The van der Waals surface area contributed by atoms with Crippen molar-refractivity contribution in [3.05, 3.63) is 52.0 Å². The topological polar surface area (TPSA) is 72.2 Å². The van der Waals surface area contributed by atoms with E-state index >= 15 is 0 Å². The van der Waals surface area contributed by atoms with Gasteiger partial charge in [-0.3, -0.25) is 9.59 Å². The predicted molar refractivity (Wildman–Crippen MR) is 130 cm³/mol. The summed E-state index contributed by atoms with van der Waals surface area (Å²) in [5, 5.41) is 11.5. The largest absolute Gasteiger partial charge is 0.481 e. The zero-order valence-corrected chi connectivity index (χ0v) is 20.0. The van der Waals surface area contributed by atoms with E-state index < -0.39 is 11.9 Å². The predicted octanol–water partition coefficient (Wildman–Crippen LogP) is 6.08. The number of carbonyl (C=O) groups is 2. The van der Waals surface area contributed by atoms with Gasteiger partial charge in [0.2, 0.25) is 0 Å². The van der Waals surface area contributed by atoms with Gasteiger partial charge in [-0.25, -0.2) is 4.98 Å². The number of carboxylic acids is 1. The molecule has 0 aliphatic heterocycles. The van der Waals surface area contributed by atoms with Gasteiger partial charge in [0.05, 0.1) is 17.0 Å². The quantitative estimate of drug-likeness (QED) is 0.333. The summed E-state index contributed by atoms with van der Waals surface area (Å²) in [7, 11) is 0. The van der Waals surface area contributed by atoms with Crippen LogP contribution in [0.25, 0.3) is 11.0 Å². The molecule has 0 saturated heterocycles. The second-order valence-electron chi connectivity index (χ2n) is 7.77. The summed E-state index contributed by atoms with van der Waals surface area (Å²) in [4.78, 5) is 30.6. The third-order valence-electron chi connectivity index (χ3n) is 5.76. The van der Waals surface area contributed by atoms with Crippen LogP contribution < -0.4 is 0 Å². The molecule has 0 saturated carbocycles. The van der Waals surface area contributed by atoms with Gasteiger partial charge in [-0.15, -0.1) is 11.3 Å². The Bertz CT molecular complexity index is 1020. The van der Waals surface area contributed by atoms with Crippen LogP contribution in [0, 0.1) is 5.92 Å². The van der Waals surface area contributed by atoms with Crippen LogP contribution >= 0.6 is 23.1 Å². The van der Waals surface area contributed by atoms with Crippen molar-refractivity contribution in [1.29, 1.82) is 0 Å². The van der Waals surface area contributed by atoms with E-state index in [1.807, 2.05) is 24.5 Å². The van der Waals surface area contributed by atoms with Crippen LogP contribution in [0.4, 0.5) is 0 Å². The fraction of sp³-hybridized carbons (Fsp3) is 0.458. The molecule has 3 aromatic rings. The maximum absolute atomic E-state index is 12.9. The number of thiophene rings is 1. The average Bonchev–Trinajstić information content (AvgIpc) is 3.39. The van der Waals surface area contributed by atoms with Crippen molar-refractivity contribution in [2.75, 3.05) is 12.0 Å². The van der Waals surface area contributed by atoms with Crippen LogP contribution in [0.5, 0.6) is 0 Å². The van der Waals surface area contributed by atoms with Crippen LogP contribution in [0.3, 0.4) is 0 Å². The Morgan fingerprint density at radius 1 is 1.23 bits per heavy atom. The van der Waals surface area contributed by atoms with Crippen LogP contribution in [-0.2, 0) is 11.2 Å². The highest BCUT2D eigenvalue weighted by molar-refractivity contribution is 7.98. The molecular formula is C24H30N2O3S2. The fourth-order valence-electron chi connectivity index (χ4n) is 3.99. The van der Waals surface area contributed by atoms with Crippen LogP contribution in [-0.4, -0.2) is 38.4 Å². The highest BCUT2D eigenvalue weighted by Gasteiger charge is 2.23. The maximum Gasteiger partial charge on any atom is 0.306 e. The lowest BCUT2D eigenvalue weighted by atomic mass is 9.96. The molecule has 1 atom stereocenters. The summed E-state index contributed by atoms with van der Waals surface area (Å²) in [5.74, 6) is 0.0631. The van der Waals surface area contributed by atoms with E-state index in [1.165, 1.54) is 4.88 Å². The minimum atomic E-state index is -0.903. The van der Waals surface area contributed by atoms with Gasteiger partial charge in [-0.2, -0.15) is 11.8 Å². The molecule has 0 radical (unpaired) electrons. The molecule has 1 N–H and O–H groups in total. The molecule has 5 nitrogen and oxygen atoms in total. The SMILES string of the molecule is CCC(CC)n1c(Cc2cccs2)nc2cc(C(=O)C[C@@H](CCSC)C(=O)O)ccc21. The van der Waals surface area contributed by atoms with E-state index in [9.17, 15) is 14.7 Å². The van der Waals surface area contributed by atoms with Crippen LogP contribution in [0.1, 0.15) is 66.6 Å². The van der Waals surface area contributed by atoms with Gasteiger partial charge in [-0.1, -0.05) is 19.9 Å². The number of hydrogen-bond acceptors (Lipinski definition) is 5. The number of carbonyl (C=O) groups excluding carboxylic acids is 1. The number of rotatable bonds is 12. The molecule has 0 unspecified atom stereocenters. The number of benzene rings is 1. The number of nitrogens with zero attached hydrogens (tertiary/aromatic N) is 2. The van der Waals surface area contributed by atoms with Crippen molar-refractivity contribution in [2.24, 2.45) is 5.92 Å². The second-order valence-corrected chi connectivity index (χ2v) is 9.79. The molecule has 7 heteroatoms. The van der Waals surface area contributed by atoms with Crippen LogP contribution in [0.15, 0.2) is 35.7 Å². The van der Waals surface area contributed by atoms with Gasteiger partial charge < -0.3 is 9.67 Å². The van der Waals surface area contributed by atoms with Gasteiger partial charge in [0.1, 0.15) is 5.82 Å². The number of carboxylic acid groups (broad SMARTS) is 1. The first-order valence-electron chi connectivity index (χ1n) is 10.8. The van der Waals surface area contributed by atoms with E-state index in [4.69, 9.17) is 4.98 Å². The summed E-state index contributed by atoms with van der Waals surface area (Å²) in [5.41, 5.74) is 2.38. The Labute approximate surface area is 191 Å². The molecule has 31 heavy (non-hydrogen) atoms. The van der Waals surface area contributed by atoms with E-state index in [0.29, 0.717) is 18.0 Å². The number of hydrogen-bond donors (Lipinski definition) is 1. The molecule has 0 aliphatic carbocycles. The van der Waals surface area contributed by atoms with E-state index in [0.717, 1.165) is 41.9 Å². The average molecular weight is 459 g/mol. The monoisotopic (exact) mass is 458 g/mol. The second kappa shape index (κ2) is 11.0. The molecule has 3 rings (SSSR count). The Hall–Kier alpha value is -2.12. The minimum Gasteiger partial charge on any atom is -0.481 e. The van der Waals surface area contributed by atoms with Gasteiger partial charge >= 0.3 is 5.97 Å². The number of thioether (sulfide) groups is 1. The number of ketones is 1. The third-order valence-corrected chi connectivity index (χ3v) is 7.28. The van der Waals surface area contributed by atoms with E-state index in [1.54, 1.807) is 23.1 Å². The first kappa shape index (κ1) is 23.5. The molecule has 0 aliphatic rings. The lowest BCUT2D eigenvalue weighted by molar-refractivity contribution is -0.141. The third kappa shape index (κ3) is 5.57. The lowest BCUT2D eigenvalue weighted by Gasteiger charge is -2.19. The van der Waals surface area contributed by atoms with Crippen molar-refractivity contribution >= 4 is 45.9 Å².